The van der Waals surface area contributed by atoms with Crippen LogP contribution < -0.4 is 5.73 Å². The summed E-state index contributed by atoms with van der Waals surface area (Å²) in [5, 5.41) is 9.15. The molecule has 1 aliphatic carbocycles. The first kappa shape index (κ1) is 7.03. The van der Waals surface area contributed by atoms with Crippen molar-refractivity contribution < 1.29 is 5.11 Å². The molecule has 0 unspecified atom stereocenters. The zero-order chi connectivity index (χ0) is 6.69. The highest BCUT2D eigenvalue weighted by Crippen LogP contribution is 2.15. The molecule has 0 aromatic rings. The van der Waals surface area contributed by atoms with Crippen molar-refractivity contribution in [2.45, 2.75) is 44.2 Å². The highest BCUT2D eigenvalue weighted by molar-refractivity contribution is 4.70. The number of nitrogens with two attached hydrogens (primary N) is 1. The summed E-state index contributed by atoms with van der Waals surface area (Å²) in [7, 11) is 0. The van der Waals surface area contributed by atoms with Gasteiger partial charge in [-0.25, -0.2) is 0 Å². The number of aliphatic hydroxyl groups is 1. The summed E-state index contributed by atoms with van der Waals surface area (Å²) in [6.45, 7) is 0. The zero-order valence-electron chi connectivity index (χ0n) is 5.71. The quantitative estimate of drug-likeness (QED) is 0.471. The molecule has 1 aliphatic rings. The van der Waals surface area contributed by atoms with E-state index in [0.29, 0.717) is 6.04 Å². The van der Waals surface area contributed by atoms with Crippen LogP contribution in [0.25, 0.3) is 0 Å². The molecule has 2 atom stereocenters. The Kier molecular flexibility index (Phi) is 2.49. The highest BCUT2D eigenvalue weighted by atomic mass is 16.3. The molecular weight excluding hydrogens is 114 g/mol. The largest absolute Gasteiger partial charge is 0.393 e. The Hall–Kier alpha value is -0.0800. The van der Waals surface area contributed by atoms with E-state index in [1.54, 1.807) is 0 Å². The van der Waals surface area contributed by atoms with E-state index in [1.807, 2.05) is 0 Å². The van der Waals surface area contributed by atoms with E-state index < -0.39 is 0 Å². The molecule has 2 heteroatoms. The average Bonchev–Trinajstić information content (AvgIpc) is 1.97. The number of aliphatic hydroxyl groups excluding tert-OH is 1. The van der Waals surface area contributed by atoms with E-state index >= 15 is 0 Å². The van der Waals surface area contributed by atoms with E-state index in [4.69, 9.17) is 10.8 Å². The van der Waals surface area contributed by atoms with Crippen LogP contribution in [0.5, 0.6) is 0 Å². The maximum atomic E-state index is 9.15. The third-order valence-electron chi connectivity index (χ3n) is 1.98. The molecule has 54 valence electrons. The first-order chi connectivity index (χ1) is 4.29. The summed E-state index contributed by atoms with van der Waals surface area (Å²) in [6, 6.07) is 0.349. The normalized spacial score (nSPS) is 38.0. The van der Waals surface area contributed by atoms with Crippen LogP contribution in [0.15, 0.2) is 0 Å². The molecule has 0 bridgehead atoms. The maximum absolute atomic E-state index is 9.15. The van der Waals surface area contributed by atoms with Crippen LogP contribution in [-0.2, 0) is 0 Å². The van der Waals surface area contributed by atoms with Crippen molar-refractivity contribution in [3.8, 4) is 0 Å². The first-order valence-electron chi connectivity index (χ1n) is 3.72. The van der Waals surface area contributed by atoms with Crippen LogP contribution in [0.2, 0.25) is 0 Å². The highest BCUT2D eigenvalue weighted by Gasteiger charge is 2.12. The summed E-state index contributed by atoms with van der Waals surface area (Å²) in [5.74, 6) is 0. The second-order valence-corrected chi connectivity index (χ2v) is 2.92. The van der Waals surface area contributed by atoms with Crippen LogP contribution in [0, 0.1) is 0 Å². The average molecular weight is 129 g/mol. The second kappa shape index (κ2) is 3.18. The molecule has 0 amide bonds. The fourth-order valence-electron chi connectivity index (χ4n) is 1.31. The Morgan fingerprint density at radius 3 is 2.67 bits per heavy atom. The minimum Gasteiger partial charge on any atom is -0.393 e. The van der Waals surface area contributed by atoms with Crippen molar-refractivity contribution in [1.29, 1.82) is 0 Å². The molecule has 1 saturated carbocycles. The SMILES string of the molecule is N[C@H]1CCC[C@@H](O)CC1. The van der Waals surface area contributed by atoms with Crippen LogP contribution >= 0.6 is 0 Å². The van der Waals surface area contributed by atoms with Gasteiger partial charge in [-0.1, -0.05) is 0 Å². The monoisotopic (exact) mass is 129 g/mol. The van der Waals surface area contributed by atoms with Crippen molar-refractivity contribution in [1.82, 2.24) is 0 Å². The predicted molar refractivity (Wildman–Crippen MR) is 37.1 cm³/mol. The molecule has 0 spiro atoms. The van der Waals surface area contributed by atoms with E-state index in [0.717, 1.165) is 32.1 Å². The third-order valence-corrected chi connectivity index (χ3v) is 1.98. The third kappa shape index (κ3) is 2.33. The first-order valence-corrected chi connectivity index (χ1v) is 3.72. The Morgan fingerprint density at radius 1 is 1.11 bits per heavy atom. The van der Waals surface area contributed by atoms with Crippen LogP contribution in [-0.4, -0.2) is 17.3 Å². The standard InChI is InChI=1S/C7H15NO/c8-6-2-1-3-7(9)5-4-6/h6-7,9H,1-5,8H2/t6-,7+/m0/s1. The molecule has 0 heterocycles. The summed E-state index contributed by atoms with van der Waals surface area (Å²) < 4.78 is 0. The predicted octanol–water partition coefficient (Wildman–Crippen LogP) is 0.639. The molecule has 9 heavy (non-hydrogen) atoms. The molecular formula is C7H15NO. The fraction of sp³-hybridized carbons (Fsp3) is 1.00. The van der Waals surface area contributed by atoms with Crippen molar-refractivity contribution in [2.24, 2.45) is 5.73 Å². The summed E-state index contributed by atoms with van der Waals surface area (Å²) in [5.41, 5.74) is 5.69. The van der Waals surface area contributed by atoms with Gasteiger partial charge in [0.25, 0.3) is 0 Å². The molecule has 0 saturated heterocycles. The van der Waals surface area contributed by atoms with Crippen LogP contribution in [0.1, 0.15) is 32.1 Å². The van der Waals surface area contributed by atoms with E-state index in [2.05, 4.69) is 0 Å². The minimum absolute atomic E-state index is 0.0708. The van der Waals surface area contributed by atoms with E-state index in [1.165, 1.54) is 0 Å². The zero-order valence-corrected chi connectivity index (χ0v) is 5.71. The molecule has 0 aliphatic heterocycles. The summed E-state index contributed by atoms with van der Waals surface area (Å²) in [6.07, 6.45) is 4.98. The molecule has 0 radical (unpaired) electrons. The van der Waals surface area contributed by atoms with Gasteiger partial charge < -0.3 is 10.8 Å². The van der Waals surface area contributed by atoms with Gasteiger partial charge in [-0.05, 0) is 32.1 Å². The lowest BCUT2D eigenvalue weighted by Gasteiger charge is -2.05. The Morgan fingerprint density at radius 2 is 1.89 bits per heavy atom. The minimum atomic E-state index is -0.0708. The van der Waals surface area contributed by atoms with Crippen molar-refractivity contribution in [3.63, 3.8) is 0 Å². The van der Waals surface area contributed by atoms with Crippen molar-refractivity contribution in [2.75, 3.05) is 0 Å². The fourth-order valence-corrected chi connectivity index (χ4v) is 1.31. The van der Waals surface area contributed by atoms with E-state index in [-0.39, 0.29) is 6.10 Å². The summed E-state index contributed by atoms with van der Waals surface area (Å²) in [4.78, 5) is 0. The molecule has 0 aromatic heterocycles. The van der Waals surface area contributed by atoms with Gasteiger partial charge in [0.1, 0.15) is 0 Å². The van der Waals surface area contributed by atoms with Gasteiger partial charge in [-0.3, -0.25) is 0 Å². The maximum Gasteiger partial charge on any atom is 0.0540 e. The Balaban J connectivity index is 2.25. The molecule has 3 N–H and O–H groups in total. The number of hydrogen-bond acceptors (Lipinski definition) is 2. The topological polar surface area (TPSA) is 46.2 Å². The van der Waals surface area contributed by atoms with Crippen LogP contribution in [0.3, 0.4) is 0 Å². The van der Waals surface area contributed by atoms with E-state index in [9.17, 15) is 0 Å². The number of rotatable bonds is 0. The lowest BCUT2D eigenvalue weighted by Crippen LogP contribution is -2.18. The molecule has 1 fully saturated rings. The summed E-state index contributed by atoms with van der Waals surface area (Å²) >= 11 is 0. The number of hydrogen-bond donors (Lipinski definition) is 2. The lowest BCUT2D eigenvalue weighted by atomic mass is 10.1. The smallest absolute Gasteiger partial charge is 0.0540 e. The van der Waals surface area contributed by atoms with Gasteiger partial charge in [-0.2, -0.15) is 0 Å². The lowest BCUT2D eigenvalue weighted by molar-refractivity contribution is 0.157. The Labute approximate surface area is 56.1 Å². The molecule has 0 aromatic carbocycles. The second-order valence-electron chi connectivity index (χ2n) is 2.92. The Bertz CT molecular complexity index is 75.0. The van der Waals surface area contributed by atoms with Gasteiger partial charge in [0.2, 0.25) is 0 Å². The van der Waals surface area contributed by atoms with Crippen molar-refractivity contribution in [3.05, 3.63) is 0 Å². The van der Waals surface area contributed by atoms with Gasteiger partial charge in [0.05, 0.1) is 6.10 Å². The molecule has 1 rings (SSSR count). The van der Waals surface area contributed by atoms with Crippen molar-refractivity contribution >= 4 is 0 Å². The van der Waals surface area contributed by atoms with Crippen LogP contribution in [0.4, 0.5) is 0 Å². The molecule has 2 nitrogen and oxygen atoms in total. The van der Waals surface area contributed by atoms with Gasteiger partial charge in [0, 0.05) is 6.04 Å². The van der Waals surface area contributed by atoms with Gasteiger partial charge in [0.15, 0.2) is 0 Å². The van der Waals surface area contributed by atoms with Gasteiger partial charge in [-0.15, -0.1) is 0 Å². The van der Waals surface area contributed by atoms with Gasteiger partial charge >= 0.3 is 0 Å².